The number of rotatable bonds is 4. The topological polar surface area (TPSA) is 67.2 Å². The number of Topliss-reactive ketones (excluding diaryl/α,β-unsaturated/α-hetero) is 1. The largest absolute Gasteiger partial charge is 0.465 e. The van der Waals surface area contributed by atoms with Crippen molar-refractivity contribution in [3.8, 4) is 0 Å². The van der Waals surface area contributed by atoms with Crippen LogP contribution in [0.1, 0.15) is 13.8 Å². The predicted molar refractivity (Wildman–Crippen MR) is 58.8 cm³/mol. The van der Waals surface area contributed by atoms with Crippen LogP contribution >= 0.6 is 34.8 Å². The van der Waals surface area contributed by atoms with E-state index in [4.69, 9.17) is 40.2 Å². The summed E-state index contributed by atoms with van der Waals surface area (Å²) in [7, 11) is 0. The van der Waals surface area contributed by atoms with Gasteiger partial charge in [-0.05, 0) is 13.8 Å². The molecule has 0 aliphatic heterocycles. The molecule has 0 amide bonds. The van der Waals surface area contributed by atoms with E-state index in [-0.39, 0.29) is 6.61 Å². The van der Waals surface area contributed by atoms with Crippen LogP contribution < -0.4 is 0 Å². The summed E-state index contributed by atoms with van der Waals surface area (Å²) in [5, 5.41) is 7.42. The molecular weight excluding hydrogens is 264 g/mol. The average Bonchev–Trinajstić information content (AvgIpc) is 2.02. The van der Waals surface area contributed by atoms with Crippen molar-refractivity contribution in [3.05, 3.63) is 0 Å². The van der Waals surface area contributed by atoms with E-state index < -0.39 is 27.2 Å². The molecule has 7 heteroatoms. The quantitative estimate of drug-likeness (QED) is 0.370. The van der Waals surface area contributed by atoms with Gasteiger partial charge in [0.15, 0.2) is 5.92 Å². The minimum Gasteiger partial charge on any atom is -0.465 e. The molecule has 1 atom stereocenters. The summed E-state index contributed by atoms with van der Waals surface area (Å²) in [6.45, 7) is 2.80. The van der Waals surface area contributed by atoms with Gasteiger partial charge in [-0.25, -0.2) is 0 Å². The van der Waals surface area contributed by atoms with E-state index in [0.717, 1.165) is 6.92 Å². The fraction of sp³-hybridized carbons (Fsp3) is 0.625. The standard InChI is InChI=1S/C8H10Cl3NO3/c1-3-15-7(14)5(4(2)13)6(12)8(9,10)11/h5,12H,3H2,1-2H3. The summed E-state index contributed by atoms with van der Waals surface area (Å²) in [5.41, 5.74) is -0.599. The molecule has 15 heavy (non-hydrogen) atoms. The molecule has 86 valence electrons. The average molecular weight is 275 g/mol. The lowest BCUT2D eigenvalue weighted by molar-refractivity contribution is -0.148. The Bertz CT molecular complexity index is 285. The summed E-state index contributed by atoms with van der Waals surface area (Å²) in [6, 6.07) is 0. The van der Waals surface area contributed by atoms with Crippen LogP contribution in [0.25, 0.3) is 0 Å². The smallest absolute Gasteiger partial charge is 0.322 e. The number of halogens is 3. The van der Waals surface area contributed by atoms with Crippen molar-refractivity contribution >= 4 is 52.3 Å². The van der Waals surface area contributed by atoms with Gasteiger partial charge in [0, 0.05) is 0 Å². The molecule has 1 unspecified atom stereocenters. The monoisotopic (exact) mass is 273 g/mol. The highest BCUT2D eigenvalue weighted by Crippen LogP contribution is 2.31. The number of alkyl halides is 3. The highest BCUT2D eigenvalue weighted by Gasteiger charge is 2.40. The maximum Gasteiger partial charge on any atom is 0.322 e. The van der Waals surface area contributed by atoms with Gasteiger partial charge in [0.2, 0.25) is 3.79 Å². The molecule has 0 heterocycles. The zero-order valence-electron chi connectivity index (χ0n) is 8.14. The minimum absolute atomic E-state index is 0.0930. The van der Waals surface area contributed by atoms with E-state index >= 15 is 0 Å². The van der Waals surface area contributed by atoms with Crippen molar-refractivity contribution in [1.82, 2.24) is 0 Å². The first kappa shape index (κ1) is 14.7. The molecule has 0 saturated carbocycles. The van der Waals surface area contributed by atoms with Crippen LogP contribution in [-0.2, 0) is 14.3 Å². The minimum atomic E-state index is -2.08. The molecule has 0 fully saturated rings. The van der Waals surface area contributed by atoms with E-state index in [0.29, 0.717) is 0 Å². The Hall–Kier alpha value is -0.320. The maximum absolute atomic E-state index is 11.3. The Labute approximate surface area is 102 Å². The van der Waals surface area contributed by atoms with Crippen LogP contribution in [0.3, 0.4) is 0 Å². The van der Waals surface area contributed by atoms with Crippen molar-refractivity contribution in [2.24, 2.45) is 5.92 Å². The Kier molecular flexibility index (Phi) is 5.56. The van der Waals surface area contributed by atoms with Gasteiger partial charge in [-0.15, -0.1) is 0 Å². The van der Waals surface area contributed by atoms with Gasteiger partial charge in [-0.2, -0.15) is 0 Å². The molecule has 0 aliphatic carbocycles. The van der Waals surface area contributed by atoms with E-state index in [1.54, 1.807) is 6.92 Å². The fourth-order valence-electron chi connectivity index (χ4n) is 0.876. The summed E-state index contributed by atoms with van der Waals surface area (Å²) < 4.78 is 2.52. The lowest BCUT2D eigenvalue weighted by Crippen LogP contribution is -2.38. The lowest BCUT2D eigenvalue weighted by atomic mass is 10.0. The van der Waals surface area contributed by atoms with Gasteiger partial charge >= 0.3 is 5.97 Å². The van der Waals surface area contributed by atoms with Crippen LogP contribution in [0, 0.1) is 11.3 Å². The number of nitrogens with one attached hydrogen (secondary N) is 1. The molecule has 0 aromatic heterocycles. The van der Waals surface area contributed by atoms with E-state index in [1.807, 2.05) is 0 Å². The molecule has 4 nitrogen and oxygen atoms in total. The zero-order chi connectivity index (χ0) is 12.2. The number of carbonyl (C=O) groups excluding carboxylic acids is 2. The normalized spacial score (nSPS) is 13.1. The Morgan fingerprint density at radius 2 is 1.87 bits per heavy atom. The number of ether oxygens (including phenoxy) is 1. The van der Waals surface area contributed by atoms with Crippen LogP contribution in [0.15, 0.2) is 0 Å². The third-order valence-electron chi connectivity index (χ3n) is 1.52. The van der Waals surface area contributed by atoms with Gasteiger partial charge in [-0.3, -0.25) is 9.59 Å². The molecule has 0 aromatic carbocycles. The number of esters is 1. The third kappa shape index (κ3) is 4.36. The van der Waals surface area contributed by atoms with Crippen LogP contribution in [0.2, 0.25) is 0 Å². The summed E-state index contributed by atoms with van der Waals surface area (Å²) >= 11 is 16.2. The summed E-state index contributed by atoms with van der Waals surface area (Å²) in [4.78, 5) is 22.4. The van der Waals surface area contributed by atoms with Crippen molar-refractivity contribution < 1.29 is 14.3 Å². The van der Waals surface area contributed by atoms with Gasteiger partial charge in [0.05, 0.1) is 12.3 Å². The molecule has 0 radical (unpaired) electrons. The second-order valence-corrected chi connectivity index (χ2v) is 4.99. The molecule has 0 rings (SSSR count). The molecule has 1 N–H and O–H groups in total. The van der Waals surface area contributed by atoms with Crippen molar-refractivity contribution in [3.63, 3.8) is 0 Å². The van der Waals surface area contributed by atoms with Crippen molar-refractivity contribution in [1.29, 1.82) is 5.41 Å². The Balaban J connectivity index is 4.92. The van der Waals surface area contributed by atoms with Crippen LogP contribution in [0.5, 0.6) is 0 Å². The number of carbonyl (C=O) groups is 2. The van der Waals surface area contributed by atoms with Crippen LogP contribution in [0.4, 0.5) is 0 Å². The first-order chi connectivity index (χ1) is 6.71. The van der Waals surface area contributed by atoms with Crippen molar-refractivity contribution in [2.45, 2.75) is 17.6 Å². The van der Waals surface area contributed by atoms with Crippen molar-refractivity contribution in [2.75, 3.05) is 6.61 Å². The molecule has 0 saturated heterocycles. The predicted octanol–water partition coefficient (Wildman–Crippen LogP) is 2.14. The highest BCUT2D eigenvalue weighted by atomic mass is 35.6. The van der Waals surface area contributed by atoms with Crippen LogP contribution in [-0.4, -0.2) is 27.9 Å². The third-order valence-corrected chi connectivity index (χ3v) is 2.13. The number of hydrogen-bond acceptors (Lipinski definition) is 4. The first-order valence-electron chi connectivity index (χ1n) is 4.04. The Morgan fingerprint density at radius 3 is 2.13 bits per heavy atom. The molecular formula is C8H10Cl3NO3. The van der Waals surface area contributed by atoms with E-state index in [1.165, 1.54) is 0 Å². The molecule has 0 bridgehead atoms. The fourth-order valence-corrected chi connectivity index (χ4v) is 1.20. The van der Waals surface area contributed by atoms with E-state index in [9.17, 15) is 9.59 Å². The maximum atomic E-state index is 11.3. The Morgan fingerprint density at radius 1 is 1.40 bits per heavy atom. The van der Waals surface area contributed by atoms with Gasteiger partial charge in [-0.1, -0.05) is 34.8 Å². The lowest BCUT2D eigenvalue weighted by Gasteiger charge is -2.18. The van der Waals surface area contributed by atoms with Gasteiger partial charge in [0.1, 0.15) is 5.78 Å². The SMILES string of the molecule is CCOC(=O)C(C(=N)C(Cl)(Cl)Cl)C(C)=O. The summed E-state index contributed by atoms with van der Waals surface area (Å²) in [5.74, 6) is -2.91. The second kappa shape index (κ2) is 5.68. The zero-order valence-corrected chi connectivity index (χ0v) is 10.4. The molecule has 0 aromatic rings. The number of hydrogen-bond donors (Lipinski definition) is 1. The van der Waals surface area contributed by atoms with Gasteiger partial charge in [0.25, 0.3) is 0 Å². The first-order valence-corrected chi connectivity index (χ1v) is 5.18. The van der Waals surface area contributed by atoms with E-state index in [2.05, 4.69) is 4.74 Å². The number of ketones is 1. The summed E-state index contributed by atoms with van der Waals surface area (Å²) in [6.07, 6.45) is 0. The molecule has 0 spiro atoms. The van der Waals surface area contributed by atoms with Gasteiger partial charge < -0.3 is 10.1 Å². The highest BCUT2D eigenvalue weighted by molar-refractivity contribution is 6.77. The molecule has 0 aliphatic rings. The second-order valence-electron chi connectivity index (χ2n) is 2.71.